The van der Waals surface area contributed by atoms with E-state index >= 15 is 0 Å². The zero-order chi connectivity index (χ0) is 21.6. The van der Waals surface area contributed by atoms with Gasteiger partial charge in [0, 0.05) is 19.8 Å². The summed E-state index contributed by atoms with van der Waals surface area (Å²) in [5.74, 6) is -1.99. The van der Waals surface area contributed by atoms with Crippen molar-refractivity contribution in [3.05, 3.63) is 60.7 Å². The first-order valence-electron chi connectivity index (χ1n) is 8.68. The van der Waals surface area contributed by atoms with Crippen molar-refractivity contribution in [1.82, 2.24) is 10.6 Å². The van der Waals surface area contributed by atoms with Crippen LogP contribution in [0.1, 0.15) is 18.1 Å². The molecule has 0 saturated carbocycles. The Morgan fingerprint density at radius 2 is 1.48 bits per heavy atom. The van der Waals surface area contributed by atoms with Crippen molar-refractivity contribution in [3.63, 3.8) is 0 Å². The SMILES string of the molecule is CC(=O)NC(Cc1ccccc1)C(=O)NC(Cc1cc(I)c(O)c(I)c1)C(=O)O. The van der Waals surface area contributed by atoms with E-state index in [2.05, 4.69) is 10.6 Å². The lowest BCUT2D eigenvalue weighted by atomic mass is 10.0. The quantitative estimate of drug-likeness (QED) is 0.338. The number of phenols is 1. The van der Waals surface area contributed by atoms with Crippen molar-refractivity contribution in [2.24, 2.45) is 0 Å². The van der Waals surface area contributed by atoms with Gasteiger partial charge in [0.1, 0.15) is 17.8 Å². The van der Waals surface area contributed by atoms with E-state index in [4.69, 9.17) is 0 Å². The van der Waals surface area contributed by atoms with E-state index in [-0.39, 0.29) is 24.5 Å². The summed E-state index contributed by atoms with van der Waals surface area (Å²) in [6.45, 7) is 1.31. The normalized spacial score (nSPS) is 12.7. The van der Waals surface area contributed by atoms with Gasteiger partial charge in [-0.2, -0.15) is 0 Å². The van der Waals surface area contributed by atoms with Gasteiger partial charge in [-0.1, -0.05) is 30.3 Å². The molecule has 2 unspecified atom stereocenters. The van der Waals surface area contributed by atoms with Gasteiger partial charge in [0.25, 0.3) is 0 Å². The molecule has 4 N–H and O–H groups in total. The molecule has 29 heavy (non-hydrogen) atoms. The molecule has 2 atom stereocenters. The fourth-order valence-electron chi connectivity index (χ4n) is 2.75. The molecule has 154 valence electrons. The second-order valence-electron chi connectivity index (χ2n) is 6.45. The Bertz CT molecular complexity index is 882. The van der Waals surface area contributed by atoms with Gasteiger partial charge in [-0.15, -0.1) is 0 Å². The van der Waals surface area contributed by atoms with Gasteiger partial charge in [0.05, 0.1) is 7.14 Å². The number of carboxylic acids is 1. The fraction of sp³-hybridized carbons (Fsp3) is 0.250. The van der Waals surface area contributed by atoms with Crippen LogP contribution in [0.15, 0.2) is 42.5 Å². The third kappa shape index (κ3) is 7.14. The van der Waals surface area contributed by atoms with E-state index in [0.29, 0.717) is 12.7 Å². The molecule has 0 aliphatic rings. The van der Waals surface area contributed by atoms with Crippen molar-refractivity contribution in [1.29, 1.82) is 0 Å². The van der Waals surface area contributed by atoms with Gasteiger partial charge in [0.15, 0.2) is 0 Å². The summed E-state index contributed by atoms with van der Waals surface area (Å²) >= 11 is 3.93. The van der Waals surface area contributed by atoms with E-state index in [0.717, 1.165) is 5.56 Å². The molecule has 0 heterocycles. The van der Waals surface area contributed by atoms with Crippen molar-refractivity contribution < 1.29 is 24.6 Å². The lowest BCUT2D eigenvalue weighted by Crippen LogP contribution is -2.52. The Balaban J connectivity index is 2.17. The number of hydrogen-bond acceptors (Lipinski definition) is 4. The smallest absolute Gasteiger partial charge is 0.326 e. The predicted octanol–water partition coefficient (Wildman–Crippen LogP) is 2.46. The van der Waals surface area contributed by atoms with Gasteiger partial charge in [-0.3, -0.25) is 9.59 Å². The van der Waals surface area contributed by atoms with E-state index in [9.17, 15) is 24.6 Å². The van der Waals surface area contributed by atoms with Crippen molar-refractivity contribution in [2.75, 3.05) is 0 Å². The molecule has 9 heteroatoms. The number of amides is 2. The first-order valence-corrected chi connectivity index (χ1v) is 10.8. The molecule has 0 aliphatic heterocycles. The lowest BCUT2D eigenvalue weighted by Gasteiger charge is -2.21. The van der Waals surface area contributed by atoms with Crippen LogP contribution in [0.4, 0.5) is 0 Å². The number of carboxylic acid groups (broad SMARTS) is 1. The van der Waals surface area contributed by atoms with Crippen LogP contribution in [0.25, 0.3) is 0 Å². The summed E-state index contributed by atoms with van der Waals surface area (Å²) in [6.07, 6.45) is 0.291. The number of carbonyl (C=O) groups excluding carboxylic acids is 2. The summed E-state index contributed by atoms with van der Waals surface area (Å²) in [6, 6.07) is 10.4. The first-order chi connectivity index (χ1) is 13.7. The van der Waals surface area contributed by atoms with Crippen molar-refractivity contribution >= 4 is 63.0 Å². The van der Waals surface area contributed by atoms with E-state index in [1.54, 1.807) is 12.1 Å². The largest absolute Gasteiger partial charge is 0.506 e. The van der Waals surface area contributed by atoms with Gasteiger partial charge in [-0.25, -0.2) is 4.79 Å². The highest BCUT2D eigenvalue weighted by Gasteiger charge is 2.26. The molecular weight excluding hydrogens is 602 g/mol. The summed E-state index contributed by atoms with van der Waals surface area (Å²) < 4.78 is 1.19. The van der Waals surface area contributed by atoms with Gasteiger partial charge in [0.2, 0.25) is 11.8 Å². The van der Waals surface area contributed by atoms with E-state index in [1.807, 2.05) is 75.5 Å². The van der Waals surface area contributed by atoms with Crippen LogP contribution in [-0.4, -0.2) is 40.1 Å². The molecule has 2 amide bonds. The molecule has 2 aromatic carbocycles. The minimum atomic E-state index is -1.18. The molecule has 2 aromatic rings. The highest BCUT2D eigenvalue weighted by molar-refractivity contribution is 14.1. The molecule has 0 bridgehead atoms. The van der Waals surface area contributed by atoms with Crippen LogP contribution in [0.5, 0.6) is 5.75 Å². The van der Waals surface area contributed by atoms with Gasteiger partial charge >= 0.3 is 5.97 Å². The molecule has 0 saturated heterocycles. The Labute approximate surface area is 195 Å². The van der Waals surface area contributed by atoms with Crippen LogP contribution in [0.2, 0.25) is 0 Å². The Morgan fingerprint density at radius 1 is 0.931 bits per heavy atom. The zero-order valence-corrected chi connectivity index (χ0v) is 19.8. The number of halogens is 2. The lowest BCUT2D eigenvalue weighted by molar-refractivity contribution is -0.142. The van der Waals surface area contributed by atoms with Crippen molar-refractivity contribution in [3.8, 4) is 5.75 Å². The average Bonchev–Trinajstić information content (AvgIpc) is 2.65. The van der Waals surface area contributed by atoms with Crippen LogP contribution in [0.3, 0.4) is 0 Å². The molecule has 7 nitrogen and oxygen atoms in total. The molecular formula is C20H20I2N2O5. The summed E-state index contributed by atoms with van der Waals surface area (Å²) in [4.78, 5) is 36.0. The zero-order valence-electron chi connectivity index (χ0n) is 15.5. The maximum atomic E-state index is 12.7. The number of phenolic OH excluding ortho intramolecular Hbond substituents is 1. The Kier molecular flexibility index (Phi) is 8.68. The number of benzene rings is 2. The summed E-state index contributed by atoms with van der Waals surface area (Å²) in [7, 11) is 0. The third-order valence-electron chi connectivity index (χ3n) is 4.11. The highest BCUT2D eigenvalue weighted by atomic mass is 127. The molecule has 2 rings (SSSR count). The van der Waals surface area contributed by atoms with Gasteiger partial charge in [-0.05, 0) is 68.4 Å². The Morgan fingerprint density at radius 3 is 2.00 bits per heavy atom. The second kappa shape index (κ2) is 10.8. The van der Waals surface area contributed by atoms with E-state index < -0.39 is 24.0 Å². The fourth-order valence-corrected chi connectivity index (χ4v) is 4.65. The average molecular weight is 622 g/mol. The number of hydrogen-bond donors (Lipinski definition) is 4. The molecule has 0 aliphatic carbocycles. The Hall–Kier alpha value is -1.89. The van der Waals surface area contributed by atoms with Crippen LogP contribution >= 0.6 is 45.2 Å². The maximum Gasteiger partial charge on any atom is 0.326 e. The monoisotopic (exact) mass is 622 g/mol. The molecule has 0 spiro atoms. The third-order valence-corrected chi connectivity index (χ3v) is 5.75. The van der Waals surface area contributed by atoms with Crippen LogP contribution in [0, 0.1) is 7.14 Å². The summed E-state index contributed by atoms with van der Waals surface area (Å²) in [5.41, 5.74) is 1.51. The molecule has 0 radical (unpaired) electrons. The van der Waals surface area contributed by atoms with Crippen LogP contribution in [-0.2, 0) is 27.2 Å². The first kappa shape index (κ1) is 23.4. The molecule has 0 fully saturated rings. The second-order valence-corrected chi connectivity index (χ2v) is 8.78. The van der Waals surface area contributed by atoms with Gasteiger partial charge < -0.3 is 20.8 Å². The summed E-state index contributed by atoms with van der Waals surface area (Å²) in [5, 5.41) is 24.6. The number of nitrogens with one attached hydrogen (secondary N) is 2. The van der Waals surface area contributed by atoms with Crippen LogP contribution < -0.4 is 10.6 Å². The maximum absolute atomic E-state index is 12.7. The van der Waals surface area contributed by atoms with Crippen molar-refractivity contribution in [2.45, 2.75) is 31.8 Å². The minimum absolute atomic E-state index is 0.0471. The number of aliphatic carboxylic acids is 1. The minimum Gasteiger partial charge on any atom is -0.506 e. The highest BCUT2D eigenvalue weighted by Crippen LogP contribution is 2.27. The predicted molar refractivity (Wildman–Crippen MR) is 125 cm³/mol. The topological polar surface area (TPSA) is 116 Å². The standard InChI is InChI=1S/C20H20I2N2O5/c1-11(25)23-16(9-12-5-3-2-4-6-12)19(27)24-17(20(28)29)10-13-7-14(21)18(26)15(22)8-13/h2-8,16-17,26H,9-10H2,1H3,(H,23,25)(H,24,27)(H,28,29). The van der Waals surface area contributed by atoms with E-state index in [1.165, 1.54) is 6.92 Å². The number of carbonyl (C=O) groups is 3. The molecule has 0 aromatic heterocycles. The number of aromatic hydroxyl groups is 1. The number of rotatable bonds is 8.